The molecule has 1 fully saturated rings. The van der Waals surface area contributed by atoms with Gasteiger partial charge in [0.05, 0.1) is 95.0 Å². The predicted octanol–water partition coefficient (Wildman–Crippen LogP) is 7.53. The molecule has 2 N–H and O–H groups in total. The van der Waals surface area contributed by atoms with Crippen molar-refractivity contribution in [3.63, 3.8) is 0 Å². The van der Waals surface area contributed by atoms with E-state index in [2.05, 4.69) is 16.7 Å². The molecule has 1 saturated heterocycles. The summed E-state index contributed by atoms with van der Waals surface area (Å²) in [5.74, 6) is -4.08. The molecule has 0 unspecified atom stereocenters. The molecule has 1 heterocycles. The Morgan fingerprint density at radius 2 is 1.47 bits per heavy atom. The van der Waals surface area contributed by atoms with Gasteiger partial charge in [0.2, 0.25) is 5.91 Å². The van der Waals surface area contributed by atoms with E-state index in [1.807, 2.05) is 20.8 Å². The van der Waals surface area contributed by atoms with Crippen molar-refractivity contribution < 1.29 is 51.5 Å². The number of benzene rings is 3. The maximum absolute atomic E-state index is 16.0. The van der Waals surface area contributed by atoms with Crippen LogP contribution in [0.3, 0.4) is 0 Å². The summed E-state index contributed by atoms with van der Waals surface area (Å²) in [4.78, 5) is 27.3. The molecule has 59 heavy (non-hydrogen) atoms. The van der Waals surface area contributed by atoms with Gasteiger partial charge in [0.15, 0.2) is 0 Å². The van der Waals surface area contributed by atoms with E-state index >= 15 is 8.78 Å². The second-order valence-corrected chi connectivity index (χ2v) is 15.5. The molecule has 3 aromatic carbocycles. The number of nitrogens with one attached hydrogen (secondary N) is 2. The second-order valence-electron chi connectivity index (χ2n) is 14.7. The molecular weight excluding hydrogens is 835 g/mol. The minimum Gasteiger partial charge on any atom is -0.495 e. The van der Waals surface area contributed by atoms with Crippen LogP contribution < -0.4 is 15.4 Å². The third kappa shape index (κ3) is 13.4. The lowest BCUT2D eigenvalue weighted by Crippen LogP contribution is -2.45. The van der Waals surface area contributed by atoms with Crippen molar-refractivity contribution >= 4 is 53.2 Å². The summed E-state index contributed by atoms with van der Waals surface area (Å²) in [6, 6.07) is 12.8. The number of esters is 1. The molecule has 0 spiro atoms. The largest absolute Gasteiger partial charge is 0.495 e. The zero-order chi connectivity index (χ0) is 42.3. The zero-order valence-corrected chi connectivity index (χ0v) is 36.1. The highest BCUT2D eigenvalue weighted by Gasteiger charge is 2.61. The first-order chi connectivity index (χ1) is 27.8. The Morgan fingerprint density at radius 3 is 2.03 bits per heavy atom. The Hall–Kier alpha value is -3.62. The minimum atomic E-state index is -1.81. The SMILES string of the molecule is COCCOCCOCCOCCOCCOC(=O)c1ccc(NC(=O)[C@@H]2N[C@@H](CC(C)(C)C)[C@](C#N)(c3ccc(Cl)cc3F)[C@H]2c2cccc(Cl)c2F)c(OC)c1.Cl. The van der Waals surface area contributed by atoms with Gasteiger partial charge in [0.1, 0.15) is 29.4 Å². The summed E-state index contributed by atoms with van der Waals surface area (Å²) in [5, 5.41) is 17.1. The molecule has 1 amide bonds. The van der Waals surface area contributed by atoms with Gasteiger partial charge in [-0.2, -0.15) is 5.26 Å². The summed E-state index contributed by atoms with van der Waals surface area (Å²) in [6.07, 6.45) is 0.298. The summed E-state index contributed by atoms with van der Waals surface area (Å²) >= 11 is 12.4. The Kier molecular flexibility index (Phi) is 20.2. The number of ether oxygens (including phenoxy) is 7. The predicted molar refractivity (Wildman–Crippen MR) is 222 cm³/mol. The molecule has 324 valence electrons. The van der Waals surface area contributed by atoms with Gasteiger partial charge in [-0.25, -0.2) is 13.6 Å². The molecule has 12 nitrogen and oxygen atoms in total. The number of nitriles is 1. The van der Waals surface area contributed by atoms with Crippen molar-refractivity contribution in [3.8, 4) is 11.8 Å². The van der Waals surface area contributed by atoms with E-state index < -0.39 is 52.3 Å². The average Bonchev–Trinajstić information content (AvgIpc) is 3.50. The van der Waals surface area contributed by atoms with Gasteiger partial charge in [0.25, 0.3) is 0 Å². The van der Waals surface area contributed by atoms with Crippen molar-refractivity contribution in [2.75, 3.05) is 85.6 Å². The molecule has 4 atom stereocenters. The fourth-order valence-corrected chi connectivity index (χ4v) is 7.21. The third-order valence-electron chi connectivity index (χ3n) is 9.44. The molecule has 4 rings (SSSR count). The Bertz CT molecular complexity index is 1880. The highest BCUT2D eigenvalue weighted by atomic mass is 35.5. The van der Waals surface area contributed by atoms with Crippen molar-refractivity contribution in [2.24, 2.45) is 5.41 Å². The van der Waals surface area contributed by atoms with E-state index in [0.717, 1.165) is 6.07 Å². The summed E-state index contributed by atoms with van der Waals surface area (Å²) in [5.41, 5.74) is -1.99. The quantitative estimate of drug-likeness (QED) is 0.0763. The highest BCUT2D eigenvalue weighted by Crippen LogP contribution is 2.53. The first-order valence-corrected chi connectivity index (χ1v) is 19.6. The molecular formula is C42H52Cl3F2N3O9. The Morgan fingerprint density at radius 1 is 0.864 bits per heavy atom. The normalized spacial score (nSPS) is 18.8. The maximum Gasteiger partial charge on any atom is 0.338 e. The number of halogens is 5. The van der Waals surface area contributed by atoms with Crippen molar-refractivity contribution in [1.82, 2.24) is 5.32 Å². The van der Waals surface area contributed by atoms with Gasteiger partial charge in [-0.1, -0.05) is 62.2 Å². The smallest absolute Gasteiger partial charge is 0.338 e. The first kappa shape index (κ1) is 49.7. The molecule has 0 aliphatic carbocycles. The van der Waals surface area contributed by atoms with Gasteiger partial charge in [0, 0.05) is 29.7 Å². The standard InChI is InChI=1S/C42H51Cl2F2N3O9.ClH/c1-41(2,3)25-35-42(26-47,30-11-10-28(43)24-32(30)45)36(29-7-6-8-31(44)37(29)46)38(49-35)39(50)48-33-12-9-27(23-34(33)53-5)40(51)58-22-21-57-20-19-56-18-17-55-16-15-54-14-13-52-4;/h6-12,23-24,35-36,38,49H,13-22,25H2,1-5H3,(H,48,50);1H/t35-,36-,38+,42-;/m0./s1. The van der Waals surface area contributed by atoms with Gasteiger partial charge in [-0.05, 0) is 53.8 Å². The highest BCUT2D eigenvalue weighted by molar-refractivity contribution is 6.31. The van der Waals surface area contributed by atoms with Crippen LogP contribution in [-0.2, 0) is 38.6 Å². The van der Waals surface area contributed by atoms with E-state index in [4.69, 9.17) is 56.4 Å². The Labute approximate surface area is 360 Å². The monoisotopic (exact) mass is 885 g/mol. The van der Waals surface area contributed by atoms with Crippen molar-refractivity contribution in [2.45, 2.75) is 50.6 Å². The minimum absolute atomic E-state index is 0. The number of nitrogens with zero attached hydrogens (tertiary/aromatic N) is 1. The molecule has 17 heteroatoms. The van der Waals surface area contributed by atoms with Crippen LogP contribution in [0, 0.1) is 28.4 Å². The van der Waals surface area contributed by atoms with Gasteiger partial charge in [-0.15, -0.1) is 12.4 Å². The number of carbonyl (C=O) groups is 2. The molecule has 3 aromatic rings. The lowest BCUT2D eigenvalue weighted by Gasteiger charge is -2.37. The van der Waals surface area contributed by atoms with E-state index in [1.165, 1.54) is 55.6 Å². The number of amides is 1. The van der Waals surface area contributed by atoms with Gasteiger partial charge < -0.3 is 43.8 Å². The number of anilines is 1. The summed E-state index contributed by atoms with van der Waals surface area (Å²) in [6.45, 7) is 9.39. The fourth-order valence-electron chi connectivity index (χ4n) is 6.87. The molecule has 0 saturated carbocycles. The molecule has 0 bridgehead atoms. The topological polar surface area (TPSA) is 147 Å². The van der Waals surface area contributed by atoms with Crippen LogP contribution in [0.2, 0.25) is 10.0 Å². The molecule has 0 radical (unpaired) electrons. The van der Waals surface area contributed by atoms with E-state index in [-0.39, 0.29) is 63.8 Å². The summed E-state index contributed by atoms with van der Waals surface area (Å²) in [7, 11) is 2.97. The van der Waals surface area contributed by atoms with Crippen LogP contribution in [0.1, 0.15) is 54.6 Å². The van der Waals surface area contributed by atoms with E-state index in [9.17, 15) is 14.9 Å². The lowest BCUT2D eigenvalue weighted by molar-refractivity contribution is -0.118. The number of carbonyl (C=O) groups excluding carboxylic acids is 2. The first-order valence-electron chi connectivity index (χ1n) is 18.8. The van der Waals surface area contributed by atoms with Gasteiger partial charge >= 0.3 is 5.97 Å². The van der Waals surface area contributed by atoms with Crippen molar-refractivity contribution in [3.05, 3.63) is 93.0 Å². The molecule has 1 aliphatic heterocycles. The average molecular weight is 887 g/mol. The van der Waals surface area contributed by atoms with Crippen LogP contribution >= 0.6 is 35.6 Å². The van der Waals surface area contributed by atoms with Crippen LogP contribution in [0.25, 0.3) is 0 Å². The zero-order valence-electron chi connectivity index (χ0n) is 33.7. The van der Waals surface area contributed by atoms with Crippen LogP contribution in [0.4, 0.5) is 14.5 Å². The second kappa shape index (κ2) is 24.0. The molecule has 1 aliphatic rings. The van der Waals surface area contributed by atoms with Gasteiger partial charge in [-0.3, -0.25) is 4.79 Å². The number of hydrogen-bond acceptors (Lipinski definition) is 11. The van der Waals surface area contributed by atoms with Crippen molar-refractivity contribution in [1.29, 1.82) is 5.26 Å². The lowest BCUT2D eigenvalue weighted by atomic mass is 9.62. The molecule has 0 aromatic heterocycles. The third-order valence-corrected chi connectivity index (χ3v) is 9.96. The van der Waals surface area contributed by atoms with E-state index in [0.29, 0.717) is 59.3 Å². The summed E-state index contributed by atoms with van der Waals surface area (Å²) < 4.78 is 69.4. The fraction of sp³-hybridized carbons (Fsp3) is 0.500. The Balaban J connectivity index is 0.00000930. The van der Waals surface area contributed by atoms with Crippen LogP contribution in [-0.4, -0.2) is 104 Å². The van der Waals surface area contributed by atoms with E-state index in [1.54, 1.807) is 7.11 Å². The maximum atomic E-state index is 16.0. The van der Waals surface area contributed by atoms with Crippen LogP contribution in [0.5, 0.6) is 5.75 Å². The van der Waals surface area contributed by atoms with Crippen LogP contribution in [0.15, 0.2) is 54.6 Å². The number of rotatable bonds is 22. The number of hydrogen-bond donors (Lipinski definition) is 2. The number of methoxy groups -OCH3 is 2.